The molecule has 0 aromatic heterocycles. The van der Waals surface area contributed by atoms with Crippen LogP contribution in [-0.2, 0) is 10.0 Å². The van der Waals surface area contributed by atoms with Crippen molar-refractivity contribution in [3.05, 3.63) is 53.1 Å². The Morgan fingerprint density at radius 1 is 1.17 bits per heavy atom. The van der Waals surface area contributed by atoms with Crippen molar-refractivity contribution >= 4 is 33.2 Å². The van der Waals surface area contributed by atoms with Crippen LogP contribution in [0.3, 0.4) is 0 Å². The first-order chi connectivity index (χ1) is 11.3. The molecule has 0 aliphatic rings. The molecule has 8 heteroatoms. The number of ether oxygens (including phenoxy) is 1. The van der Waals surface area contributed by atoms with E-state index in [2.05, 4.69) is 5.32 Å². The SMILES string of the molecule is COc1ccc(S(=O)(=O)N(C)C)cc1NC(=O)c1ccccc1Cl. The lowest BCUT2D eigenvalue weighted by Gasteiger charge is -2.15. The number of anilines is 1. The van der Waals surface area contributed by atoms with Gasteiger partial charge in [0.15, 0.2) is 0 Å². The van der Waals surface area contributed by atoms with Crippen molar-refractivity contribution in [1.82, 2.24) is 4.31 Å². The number of nitrogens with zero attached hydrogens (tertiary/aromatic N) is 1. The van der Waals surface area contributed by atoms with Crippen molar-refractivity contribution in [2.75, 3.05) is 26.5 Å². The number of hydrogen-bond acceptors (Lipinski definition) is 4. The van der Waals surface area contributed by atoms with Crippen LogP contribution in [0, 0.1) is 0 Å². The molecule has 0 saturated heterocycles. The lowest BCUT2D eigenvalue weighted by atomic mass is 10.2. The van der Waals surface area contributed by atoms with Gasteiger partial charge in [0.1, 0.15) is 5.75 Å². The summed E-state index contributed by atoms with van der Waals surface area (Å²) in [7, 11) is 0.663. The zero-order chi connectivity index (χ0) is 17.9. The summed E-state index contributed by atoms with van der Waals surface area (Å²) >= 11 is 6.01. The highest BCUT2D eigenvalue weighted by Gasteiger charge is 2.20. The van der Waals surface area contributed by atoms with Crippen molar-refractivity contribution < 1.29 is 17.9 Å². The van der Waals surface area contributed by atoms with Crippen molar-refractivity contribution in [2.45, 2.75) is 4.90 Å². The average Bonchev–Trinajstić information content (AvgIpc) is 2.54. The van der Waals surface area contributed by atoms with Crippen molar-refractivity contribution in [3.63, 3.8) is 0 Å². The molecule has 128 valence electrons. The van der Waals surface area contributed by atoms with E-state index in [1.54, 1.807) is 24.3 Å². The van der Waals surface area contributed by atoms with Crippen LogP contribution in [0.2, 0.25) is 5.02 Å². The summed E-state index contributed by atoms with van der Waals surface area (Å²) in [6.45, 7) is 0. The number of sulfonamides is 1. The fourth-order valence-corrected chi connectivity index (χ4v) is 3.14. The van der Waals surface area contributed by atoms with Crippen molar-refractivity contribution in [3.8, 4) is 5.75 Å². The summed E-state index contributed by atoms with van der Waals surface area (Å²) < 4.78 is 30.8. The van der Waals surface area contributed by atoms with E-state index in [4.69, 9.17) is 16.3 Å². The minimum Gasteiger partial charge on any atom is -0.495 e. The molecule has 0 bridgehead atoms. The number of rotatable bonds is 5. The van der Waals surface area contributed by atoms with Crippen LogP contribution in [0.1, 0.15) is 10.4 Å². The van der Waals surface area contributed by atoms with Gasteiger partial charge in [-0.1, -0.05) is 23.7 Å². The van der Waals surface area contributed by atoms with Crippen LogP contribution in [0.15, 0.2) is 47.4 Å². The topological polar surface area (TPSA) is 75.7 Å². The molecule has 0 atom stereocenters. The maximum absolute atomic E-state index is 12.4. The summed E-state index contributed by atoms with van der Waals surface area (Å²) in [5.41, 5.74) is 0.521. The number of halogens is 1. The summed E-state index contributed by atoms with van der Waals surface area (Å²) in [5, 5.41) is 2.94. The number of methoxy groups -OCH3 is 1. The van der Waals surface area contributed by atoms with E-state index in [1.807, 2.05) is 0 Å². The third-order valence-corrected chi connectivity index (χ3v) is 5.46. The van der Waals surface area contributed by atoms with E-state index >= 15 is 0 Å². The predicted molar refractivity (Wildman–Crippen MR) is 93.3 cm³/mol. The highest BCUT2D eigenvalue weighted by Crippen LogP contribution is 2.29. The van der Waals surface area contributed by atoms with Gasteiger partial charge in [-0.3, -0.25) is 4.79 Å². The maximum atomic E-state index is 12.4. The van der Waals surface area contributed by atoms with Gasteiger partial charge in [0, 0.05) is 14.1 Å². The van der Waals surface area contributed by atoms with E-state index in [0.717, 1.165) is 4.31 Å². The molecular weight excluding hydrogens is 352 g/mol. The normalized spacial score (nSPS) is 11.4. The molecule has 1 N–H and O–H groups in total. The Morgan fingerprint density at radius 3 is 2.42 bits per heavy atom. The van der Waals surface area contributed by atoms with Gasteiger partial charge in [0.05, 0.1) is 28.3 Å². The maximum Gasteiger partial charge on any atom is 0.257 e. The molecule has 0 aliphatic heterocycles. The summed E-state index contributed by atoms with van der Waals surface area (Å²) in [4.78, 5) is 12.4. The van der Waals surface area contributed by atoms with Gasteiger partial charge < -0.3 is 10.1 Å². The van der Waals surface area contributed by atoms with Gasteiger partial charge >= 0.3 is 0 Å². The number of hydrogen-bond donors (Lipinski definition) is 1. The van der Waals surface area contributed by atoms with E-state index in [-0.39, 0.29) is 16.1 Å². The zero-order valence-electron chi connectivity index (χ0n) is 13.4. The highest BCUT2D eigenvalue weighted by atomic mass is 35.5. The van der Waals surface area contributed by atoms with Crippen molar-refractivity contribution in [1.29, 1.82) is 0 Å². The second-order valence-corrected chi connectivity index (χ2v) is 7.64. The van der Waals surface area contributed by atoms with Gasteiger partial charge in [-0.2, -0.15) is 0 Å². The molecule has 0 spiro atoms. The Bertz CT molecular complexity index is 866. The average molecular weight is 369 g/mol. The summed E-state index contributed by atoms with van der Waals surface area (Å²) in [5.74, 6) is -0.119. The monoisotopic (exact) mass is 368 g/mol. The molecule has 0 radical (unpaired) electrons. The lowest BCUT2D eigenvalue weighted by Crippen LogP contribution is -2.22. The first-order valence-corrected chi connectivity index (χ1v) is 8.75. The lowest BCUT2D eigenvalue weighted by molar-refractivity contribution is 0.102. The Labute approximate surface area is 146 Å². The molecule has 0 saturated carbocycles. The molecule has 6 nitrogen and oxygen atoms in total. The fourth-order valence-electron chi connectivity index (χ4n) is 1.99. The van der Waals surface area contributed by atoms with Gasteiger partial charge in [-0.15, -0.1) is 0 Å². The second kappa shape index (κ2) is 7.21. The third kappa shape index (κ3) is 3.69. The molecule has 24 heavy (non-hydrogen) atoms. The minimum atomic E-state index is -3.63. The molecule has 0 fully saturated rings. The number of amides is 1. The first kappa shape index (κ1) is 18.3. The largest absolute Gasteiger partial charge is 0.495 e. The zero-order valence-corrected chi connectivity index (χ0v) is 15.0. The summed E-state index contributed by atoms with van der Waals surface area (Å²) in [6.07, 6.45) is 0. The smallest absolute Gasteiger partial charge is 0.257 e. The molecule has 0 heterocycles. The minimum absolute atomic E-state index is 0.0442. The third-order valence-electron chi connectivity index (χ3n) is 3.32. The number of nitrogens with one attached hydrogen (secondary N) is 1. The number of carbonyl (C=O) groups excluding carboxylic acids is 1. The van der Waals surface area contributed by atoms with Gasteiger partial charge in [0.25, 0.3) is 5.91 Å². The second-order valence-electron chi connectivity index (χ2n) is 5.08. The Morgan fingerprint density at radius 2 is 1.83 bits per heavy atom. The number of benzene rings is 2. The standard InChI is InChI=1S/C16H17ClN2O4S/c1-19(2)24(21,22)11-8-9-15(23-3)14(10-11)18-16(20)12-6-4-5-7-13(12)17/h4-10H,1-3H3,(H,18,20). The number of carbonyl (C=O) groups is 1. The summed E-state index contributed by atoms with van der Waals surface area (Å²) in [6, 6.07) is 10.8. The predicted octanol–water partition coefficient (Wildman–Crippen LogP) is 2.85. The van der Waals surface area contributed by atoms with Crippen LogP contribution >= 0.6 is 11.6 Å². The molecule has 2 aromatic carbocycles. The molecule has 1 amide bonds. The highest BCUT2D eigenvalue weighted by molar-refractivity contribution is 7.89. The Kier molecular flexibility index (Phi) is 5.48. The van der Waals surface area contributed by atoms with E-state index in [9.17, 15) is 13.2 Å². The molecule has 0 unspecified atom stereocenters. The van der Waals surface area contributed by atoms with Crippen LogP contribution in [0.5, 0.6) is 5.75 Å². The molecule has 2 aromatic rings. The van der Waals surface area contributed by atoms with Crippen LogP contribution in [-0.4, -0.2) is 39.8 Å². The molecule has 2 rings (SSSR count). The Hall–Kier alpha value is -2.09. The molecule has 0 aliphatic carbocycles. The van der Waals surface area contributed by atoms with Gasteiger partial charge in [0.2, 0.25) is 10.0 Å². The molecular formula is C16H17ClN2O4S. The van der Waals surface area contributed by atoms with Crippen LogP contribution in [0.25, 0.3) is 0 Å². The van der Waals surface area contributed by atoms with Gasteiger partial charge in [-0.05, 0) is 30.3 Å². The van der Waals surface area contributed by atoms with E-state index in [1.165, 1.54) is 39.4 Å². The van der Waals surface area contributed by atoms with Crippen LogP contribution < -0.4 is 10.1 Å². The van der Waals surface area contributed by atoms with Gasteiger partial charge in [-0.25, -0.2) is 12.7 Å². The fraction of sp³-hybridized carbons (Fsp3) is 0.188. The quantitative estimate of drug-likeness (QED) is 0.880. The first-order valence-electron chi connectivity index (χ1n) is 6.94. The van der Waals surface area contributed by atoms with Crippen molar-refractivity contribution in [2.24, 2.45) is 0 Å². The van der Waals surface area contributed by atoms with E-state index in [0.29, 0.717) is 10.8 Å². The van der Waals surface area contributed by atoms with E-state index < -0.39 is 15.9 Å². The Balaban J connectivity index is 2.42. The van der Waals surface area contributed by atoms with Crippen LogP contribution in [0.4, 0.5) is 5.69 Å².